The van der Waals surface area contributed by atoms with Crippen molar-refractivity contribution in [2.45, 2.75) is 96.6 Å². The Morgan fingerprint density at radius 2 is 1.48 bits per heavy atom. The van der Waals surface area contributed by atoms with Crippen LogP contribution in [0.1, 0.15) is 85.0 Å². The molecule has 0 aliphatic heterocycles. The SMILES string of the molecule is Br.CCCCCCCCCCC(CC(O)CCl)C(C)(C)N. The van der Waals surface area contributed by atoms with Crippen molar-refractivity contribution in [3.8, 4) is 0 Å². The summed E-state index contributed by atoms with van der Waals surface area (Å²) >= 11 is 5.70. The third-order valence-corrected chi connectivity index (χ3v) is 4.55. The Balaban J connectivity index is 0. The molecule has 0 saturated heterocycles. The summed E-state index contributed by atoms with van der Waals surface area (Å²) in [6, 6.07) is 0. The maximum Gasteiger partial charge on any atom is 0.0678 e. The molecule has 0 saturated carbocycles. The molecule has 0 aliphatic rings. The third kappa shape index (κ3) is 14.0. The van der Waals surface area contributed by atoms with Crippen molar-refractivity contribution in [2.75, 3.05) is 5.88 Å². The Morgan fingerprint density at radius 1 is 1.00 bits per heavy atom. The fourth-order valence-corrected chi connectivity index (χ4v) is 2.84. The summed E-state index contributed by atoms with van der Waals surface area (Å²) in [5.74, 6) is 0.667. The van der Waals surface area contributed by atoms with E-state index in [9.17, 15) is 5.11 Å². The second-order valence-corrected chi connectivity index (χ2v) is 7.13. The lowest BCUT2D eigenvalue weighted by atomic mass is 9.80. The van der Waals surface area contributed by atoms with Crippen molar-refractivity contribution in [2.24, 2.45) is 11.7 Å². The number of alkyl halides is 1. The molecule has 0 aromatic carbocycles. The third-order valence-electron chi connectivity index (χ3n) is 4.19. The highest BCUT2D eigenvalue weighted by Gasteiger charge is 2.26. The minimum absolute atomic E-state index is 0. The van der Waals surface area contributed by atoms with Gasteiger partial charge < -0.3 is 10.8 Å². The molecule has 0 spiro atoms. The monoisotopic (exact) mass is 385 g/mol. The van der Waals surface area contributed by atoms with Crippen molar-refractivity contribution in [1.82, 2.24) is 0 Å². The van der Waals surface area contributed by atoms with E-state index in [1.165, 1.54) is 51.4 Å². The first kappa shape index (κ1) is 23.9. The second-order valence-electron chi connectivity index (χ2n) is 6.83. The summed E-state index contributed by atoms with van der Waals surface area (Å²) in [5.41, 5.74) is 6.00. The van der Waals surface area contributed by atoms with Gasteiger partial charge in [-0.2, -0.15) is 0 Å². The molecule has 4 heteroatoms. The minimum Gasteiger partial charge on any atom is -0.392 e. The van der Waals surface area contributed by atoms with Gasteiger partial charge in [-0.15, -0.1) is 28.6 Å². The van der Waals surface area contributed by atoms with Crippen molar-refractivity contribution in [1.29, 1.82) is 0 Å². The van der Waals surface area contributed by atoms with E-state index in [0.717, 1.165) is 12.8 Å². The van der Waals surface area contributed by atoms with E-state index >= 15 is 0 Å². The summed E-state index contributed by atoms with van der Waals surface area (Å²) in [7, 11) is 0. The minimum atomic E-state index is -0.418. The fraction of sp³-hybridized carbons (Fsp3) is 1.00. The van der Waals surface area contributed by atoms with Gasteiger partial charge in [-0.3, -0.25) is 0 Å². The zero-order valence-corrected chi connectivity index (χ0v) is 16.7. The maximum absolute atomic E-state index is 9.73. The molecule has 2 atom stereocenters. The van der Waals surface area contributed by atoms with E-state index in [4.69, 9.17) is 17.3 Å². The zero-order chi connectivity index (χ0) is 15.4. The lowest BCUT2D eigenvalue weighted by Crippen LogP contribution is -2.42. The number of halogens is 2. The Kier molecular flexibility index (Phi) is 16.3. The molecule has 2 unspecified atom stereocenters. The molecular formula is C17H37BrClNO. The molecule has 0 aromatic rings. The van der Waals surface area contributed by atoms with E-state index in [1.54, 1.807) is 0 Å². The molecule has 0 fully saturated rings. The van der Waals surface area contributed by atoms with Crippen LogP contribution in [0, 0.1) is 5.92 Å². The van der Waals surface area contributed by atoms with E-state index in [0.29, 0.717) is 11.8 Å². The van der Waals surface area contributed by atoms with Crippen LogP contribution >= 0.6 is 28.6 Å². The van der Waals surface area contributed by atoms with Gasteiger partial charge in [0.25, 0.3) is 0 Å². The lowest BCUT2D eigenvalue weighted by Gasteiger charge is -2.32. The van der Waals surface area contributed by atoms with Gasteiger partial charge in [0.2, 0.25) is 0 Å². The molecular weight excluding hydrogens is 350 g/mol. The summed E-state index contributed by atoms with van der Waals surface area (Å²) in [4.78, 5) is 0. The van der Waals surface area contributed by atoms with Gasteiger partial charge in [0, 0.05) is 11.4 Å². The first-order chi connectivity index (χ1) is 9.41. The van der Waals surface area contributed by atoms with Crippen molar-refractivity contribution >= 4 is 28.6 Å². The molecule has 3 N–H and O–H groups in total. The predicted octanol–water partition coefficient (Wildman–Crippen LogP) is 5.44. The van der Waals surface area contributed by atoms with Crippen LogP contribution in [0.2, 0.25) is 0 Å². The highest BCUT2D eigenvalue weighted by molar-refractivity contribution is 8.93. The number of aliphatic hydroxyl groups excluding tert-OH is 1. The Bertz CT molecular complexity index is 221. The first-order valence-corrected chi connectivity index (χ1v) is 8.98. The summed E-state index contributed by atoms with van der Waals surface area (Å²) in [5, 5.41) is 9.73. The van der Waals surface area contributed by atoms with Crippen LogP contribution in [-0.2, 0) is 0 Å². The average Bonchev–Trinajstić information content (AvgIpc) is 2.38. The molecule has 130 valence electrons. The van der Waals surface area contributed by atoms with Crippen molar-refractivity contribution in [3.63, 3.8) is 0 Å². The molecule has 21 heavy (non-hydrogen) atoms. The highest BCUT2D eigenvalue weighted by atomic mass is 79.9. The van der Waals surface area contributed by atoms with Gasteiger partial charge in [-0.25, -0.2) is 0 Å². The molecule has 2 nitrogen and oxygen atoms in total. The highest BCUT2D eigenvalue weighted by Crippen LogP contribution is 2.26. The smallest absolute Gasteiger partial charge is 0.0678 e. The molecule has 0 aliphatic carbocycles. The first-order valence-electron chi connectivity index (χ1n) is 8.44. The lowest BCUT2D eigenvalue weighted by molar-refractivity contribution is 0.133. The van der Waals surface area contributed by atoms with Crippen molar-refractivity contribution < 1.29 is 5.11 Å². The van der Waals surface area contributed by atoms with Crippen LogP contribution < -0.4 is 5.73 Å². The van der Waals surface area contributed by atoms with Crippen LogP contribution in [0.4, 0.5) is 0 Å². The Hall–Kier alpha value is 0.690. The number of hydrogen-bond acceptors (Lipinski definition) is 2. The molecule has 0 radical (unpaired) electrons. The van der Waals surface area contributed by atoms with E-state index in [1.807, 2.05) is 0 Å². The van der Waals surface area contributed by atoms with Crippen LogP contribution in [0.3, 0.4) is 0 Å². The van der Waals surface area contributed by atoms with Gasteiger partial charge in [0.15, 0.2) is 0 Å². The number of unbranched alkanes of at least 4 members (excludes halogenated alkanes) is 7. The maximum atomic E-state index is 9.73. The second kappa shape index (κ2) is 14.3. The van der Waals surface area contributed by atoms with Crippen LogP contribution in [0.5, 0.6) is 0 Å². The van der Waals surface area contributed by atoms with Gasteiger partial charge in [-0.05, 0) is 32.6 Å². The van der Waals surface area contributed by atoms with Gasteiger partial charge in [0.1, 0.15) is 0 Å². The largest absolute Gasteiger partial charge is 0.392 e. The molecule has 0 aromatic heterocycles. The zero-order valence-electron chi connectivity index (χ0n) is 14.2. The number of aliphatic hydroxyl groups is 1. The molecule has 0 rings (SSSR count). The van der Waals surface area contributed by atoms with Crippen LogP contribution in [0.25, 0.3) is 0 Å². The molecule has 0 amide bonds. The predicted molar refractivity (Wildman–Crippen MR) is 101 cm³/mol. The number of nitrogens with two attached hydrogens (primary N) is 1. The van der Waals surface area contributed by atoms with E-state index in [2.05, 4.69) is 20.8 Å². The van der Waals surface area contributed by atoms with Gasteiger partial charge >= 0.3 is 0 Å². The summed E-state index contributed by atoms with van der Waals surface area (Å²) < 4.78 is 0. The van der Waals surface area contributed by atoms with Crippen LogP contribution in [0.15, 0.2) is 0 Å². The van der Waals surface area contributed by atoms with E-state index in [-0.39, 0.29) is 22.5 Å². The Labute approximate surface area is 148 Å². The molecule has 0 heterocycles. The van der Waals surface area contributed by atoms with Gasteiger partial charge in [-0.1, -0.05) is 58.3 Å². The van der Waals surface area contributed by atoms with Gasteiger partial charge in [0.05, 0.1) is 6.10 Å². The molecule has 0 bridgehead atoms. The number of hydrogen-bond donors (Lipinski definition) is 2. The van der Waals surface area contributed by atoms with Crippen molar-refractivity contribution in [3.05, 3.63) is 0 Å². The summed E-state index contributed by atoms with van der Waals surface area (Å²) in [6.45, 7) is 6.37. The fourth-order valence-electron chi connectivity index (χ4n) is 2.71. The summed E-state index contributed by atoms with van der Waals surface area (Å²) in [6.07, 6.45) is 12.1. The standard InChI is InChI=1S/C17H36ClNO.BrH/c1-4-5-6-7-8-9-10-11-12-15(17(2,3)19)13-16(20)14-18;/h15-16,20H,4-14,19H2,1-3H3;1H. The Morgan fingerprint density at radius 3 is 1.90 bits per heavy atom. The quantitative estimate of drug-likeness (QED) is 0.327. The topological polar surface area (TPSA) is 46.2 Å². The average molecular weight is 387 g/mol. The van der Waals surface area contributed by atoms with E-state index < -0.39 is 6.10 Å². The van der Waals surface area contributed by atoms with Crippen LogP contribution in [-0.4, -0.2) is 22.6 Å². The normalized spacial score (nSPS) is 14.6. The number of rotatable bonds is 13.